The second-order valence-corrected chi connectivity index (χ2v) is 23.2. The number of anilines is 6. The van der Waals surface area contributed by atoms with Crippen LogP contribution in [0.25, 0.3) is 55.3 Å². The van der Waals surface area contributed by atoms with E-state index in [4.69, 9.17) is 4.42 Å². The first kappa shape index (κ1) is 50.2. The molecule has 13 rings (SSSR count). The second kappa shape index (κ2) is 19.5. The third kappa shape index (κ3) is 8.47. The average molecular weight is 1040 g/mol. The van der Waals surface area contributed by atoms with E-state index in [0.717, 1.165) is 89.2 Å². The molecule has 0 saturated carbocycles. The van der Waals surface area contributed by atoms with E-state index in [-0.39, 0.29) is 22.5 Å². The van der Waals surface area contributed by atoms with Gasteiger partial charge in [0, 0.05) is 50.5 Å². The molecular formula is C75H60F2N2O. The van der Waals surface area contributed by atoms with Crippen LogP contribution in [-0.2, 0) is 16.2 Å². The highest BCUT2D eigenvalue weighted by Crippen LogP contribution is 2.62. The van der Waals surface area contributed by atoms with Crippen molar-refractivity contribution in [3.63, 3.8) is 0 Å². The molecule has 3 nitrogen and oxygen atoms in total. The van der Waals surface area contributed by atoms with Gasteiger partial charge in [0.25, 0.3) is 0 Å². The summed E-state index contributed by atoms with van der Waals surface area (Å²) in [6.45, 7) is 13.3. The lowest BCUT2D eigenvalue weighted by atomic mass is 9.67. The summed E-state index contributed by atoms with van der Waals surface area (Å²) in [4.78, 5) is 4.37. The summed E-state index contributed by atoms with van der Waals surface area (Å²) in [7, 11) is 0. The van der Waals surface area contributed by atoms with Crippen LogP contribution in [0.1, 0.15) is 74.9 Å². The molecular weight excluding hydrogens is 983 g/mol. The SMILES string of the molecule is CC(C)(C)c1ccc(N(c2ccc(-c3ccccc3)c(F)c2)c2ccc3c(c2)C(c2ccccc2)(c2ccccc2)c2c-3cc(N(c3ccc(C(C)(C)C)cc3)c3ccc(-c4ccccc4)c(F)c3)c3c2oc2ccccc23)cc1. The molecule has 0 spiro atoms. The van der Waals surface area contributed by atoms with E-state index in [2.05, 4.69) is 197 Å². The fraction of sp³-hybridized carbons (Fsp3) is 0.120. The molecule has 0 N–H and O–H groups in total. The van der Waals surface area contributed by atoms with E-state index >= 15 is 8.78 Å². The highest BCUT2D eigenvalue weighted by atomic mass is 19.1. The molecule has 12 aromatic rings. The van der Waals surface area contributed by atoms with E-state index in [0.29, 0.717) is 22.5 Å². The van der Waals surface area contributed by atoms with E-state index in [1.807, 2.05) is 97.1 Å². The van der Waals surface area contributed by atoms with Gasteiger partial charge in [-0.1, -0.05) is 211 Å². The van der Waals surface area contributed by atoms with Gasteiger partial charge in [-0.15, -0.1) is 0 Å². The molecule has 80 heavy (non-hydrogen) atoms. The Kier molecular flexibility index (Phi) is 12.3. The van der Waals surface area contributed by atoms with Crippen molar-refractivity contribution in [2.24, 2.45) is 0 Å². The third-order valence-corrected chi connectivity index (χ3v) is 16.2. The van der Waals surface area contributed by atoms with Gasteiger partial charge in [-0.25, -0.2) is 8.78 Å². The number of fused-ring (bicyclic) bond motifs is 7. The van der Waals surface area contributed by atoms with Crippen molar-refractivity contribution in [2.75, 3.05) is 9.80 Å². The summed E-state index contributed by atoms with van der Waals surface area (Å²) in [5.41, 5.74) is 16.4. The van der Waals surface area contributed by atoms with Gasteiger partial charge < -0.3 is 14.2 Å². The summed E-state index contributed by atoms with van der Waals surface area (Å²) in [6.07, 6.45) is 0. The van der Waals surface area contributed by atoms with Crippen LogP contribution < -0.4 is 9.80 Å². The lowest BCUT2D eigenvalue weighted by molar-refractivity contribution is 0.590. The second-order valence-electron chi connectivity index (χ2n) is 23.2. The van der Waals surface area contributed by atoms with Gasteiger partial charge >= 0.3 is 0 Å². The standard InChI is InChI=1S/C75H60F2N2O/c1-73(2,3)51-31-35-55(36-32-51)78(58-39-42-60(66(76)46-58)49-21-11-7-12-22-49)57-41-44-62-64-48-68(79(56-37-33-52(34-38-56)74(4,5)6)59-40-43-61(67(77)47-59)50-23-13-8-14-24-50)70-63-29-19-20-30-69(63)80-72(70)71(64)75(65(62)45-57,53-25-15-9-16-26-53)54-27-17-10-18-28-54/h7-48H,1-6H3. The monoisotopic (exact) mass is 1040 g/mol. The van der Waals surface area contributed by atoms with Crippen LogP contribution in [0.5, 0.6) is 0 Å². The summed E-state index contributed by atoms with van der Waals surface area (Å²) in [5.74, 6) is -0.634. The zero-order valence-corrected chi connectivity index (χ0v) is 45.8. The largest absolute Gasteiger partial charge is 0.456 e. The number of hydrogen-bond donors (Lipinski definition) is 0. The number of furan rings is 1. The van der Waals surface area contributed by atoms with Crippen molar-refractivity contribution in [2.45, 2.75) is 57.8 Å². The topological polar surface area (TPSA) is 19.6 Å². The van der Waals surface area contributed by atoms with Crippen molar-refractivity contribution in [3.8, 4) is 33.4 Å². The molecule has 1 aliphatic rings. The van der Waals surface area contributed by atoms with Crippen molar-refractivity contribution < 1.29 is 13.2 Å². The molecule has 1 aliphatic carbocycles. The van der Waals surface area contributed by atoms with Crippen LogP contribution in [0.3, 0.4) is 0 Å². The van der Waals surface area contributed by atoms with Crippen LogP contribution in [0.15, 0.2) is 259 Å². The molecule has 1 aromatic heterocycles. The maximum Gasteiger partial charge on any atom is 0.142 e. The van der Waals surface area contributed by atoms with Gasteiger partial charge in [-0.2, -0.15) is 0 Å². The predicted octanol–water partition coefficient (Wildman–Crippen LogP) is 21.1. The number of rotatable bonds is 10. The predicted molar refractivity (Wildman–Crippen MR) is 329 cm³/mol. The zero-order valence-electron chi connectivity index (χ0n) is 45.8. The number of benzene rings is 11. The van der Waals surface area contributed by atoms with Gasteiger partial charge in [-0.3, -0.25) is 0 Å². The fourth-order valence-corrected chi connectivity index (χ4v) is 12.2. The van der Waals surface area contributed by atoms with Gasteiger partial charge in [-0.05, 0) is 146 Å². The minimum absolute atomic E-state index is 0.0802. The smallest absolute Gasteiger partial charge is 0.142 e. The van der Waals surface area contributed by atoms with Crippen LogP contribution >= 0.6 is 0 Å². The lowest BCUT2D eigenvalue weighted by Gasteiger charge is -2.35. The Balaban J connectivity index is 1.12. The minimum atomic E-state index is -0.944. The van der Waals surface area contributed by atoms with E-state index in [1.165, 1.54) is 11.1 Å². The molecule has 0 bridgehead atoms. The minimum Gasteiger partial charge on any atom is -0.456 e. The molecule has 11 aromatic carbocycles. The first-order valence-corrected chi connectivity index (χ1v) is 27.5. The van der Waals surface area contributed by atoms with Gasteiger partial charge in [0.05, 0.1) is 16.5 Å². The first-order chi connectivity index (χ1) is 38.8. The van der Waals surface area contributed by atoms with Crippen molar-refractivity contribution in [1.29, 1.82) is 0 Å². The quantitative estimate of drug-likeness (QED) is 0.136. The maximum absolute atomic E-state index is 17.0. The summed E-state index contributed by atoms with van der Waals surface area (Å²) in [5, 5.41) is 1.85. The summed E-state index contributed by atoms with van der Waals surface area (Å²) < 4.78 is 41.3. The third-order valence-electron chi connectivity index (χ3n) is 16.2. The van der Waals surface area contributed by atoms with Crippen LogP contribution in [-0.4, -0.2) is 0 Å². The molecule has 5 heteroatoms. The Bertz CT molecular complexity index is 4210. The lowest BCUT2D eigenvalue weighted by Crippen LogP contribution is -2.29. The number of hydrogen-bond acceptors (Lipinski definition) is 3. The number of para-hydroxylation sites is 1. The zero-order chi connectivity index (χ0) is 54.9. The average Bonchev–Trinajstić information content (AvgIpc) is 4.11. The molecule has 0 fully saturated rings. The van der Waals surface area contributed by atoms with Gasteiger partial charge in [0.2, 0.25) is 0 Å². The van der Waals surface area contributed by atoms with Crippen LogP contribution in [0.4, 0.5) is 42.9 Å². The Morgan fingerprint density at radius 1 is 0.375 bits per heavy atom. The fourth-order valence-electron chi connectivity index (χ4n) is 12.2. The first-order valence-electron chi connectivity index (χ1n) is 27.5. The molecule has 0 aliphatic heterocycles. The Labute approximate surface area is 467 Å². The van der Waals surface area contributed by atoms with E-state index < -0.39 is 5.41 Å². The van der Waals surface area contributed by atoms with E-state index in [9.17, 15) is 0 Å². The van der Waals surface area contributed by atoms with Crippen molar-refractivity contribution >= 4 is 56.1 Å². The van der Waals surface area contributed by atoms with Crippen LogP contribution in [0, 0.1) is 11.6 Å². The molecule has 0 saturated heterocycles. The molecule has 1 heterocycles. The maximum atomic E-state index is 17.0. The Hall–Kier alpha value is -9.32. The molecule has 0 atom stereocenters. The van der Waals surface area contributed by atoms with Crippen LogP contribution in [0.2, 0.25) is 0 Å². The number of nitrogens with zero attached hydrogens (tertiary/aromatic N) is 2. The Morgan fingerprint density at radius 2 is 0.787 bits per heavy atom. The number of halogens is 2. The van der Waals surface area contributed by atoms with Crippen molar-refractivity contribution in [1.82, 2.24) is 0 Å². The normalized spacial score (nSPS) is 12.8. The highest BCUT2D eigenvalue weighted by molar-refractivity contribution is 6.18. The molecule has 390 valence electrons. The summed E-state index contributed by atoms with van der Waals surface area (Å²) >= 11 is 0. The van der Waals surface area contributed by atoms with Gasteiger partial charge in [0.1, 0.15) is 22.8 Å². The van der Waals surface area contributed by atoms with E-state index in [1.54, 1.807) is 12.1 Å². The summed E-state index contributed by atoms with van der Waals surface area (Å²) in [6, 6.07) is 86.7. The highest BCUT2D eigenvalue weighted by Gasteiger charge is 2.49. The van der Waals surface area contributed by atoms with Gasteiger partial charge in [0.15, 0.2) is 0 Å². The molecule has 0 amide bonds. The molecule has 0 radical (unpaired) electrons. The van der Waals surface area contributed by atoms with Crippen molar-refractivity contribution in [3.05, 3.63) is 300 Å². The molecule has 0 unspecified atom stereocenters. The Morgan fingerprint density at radius 3 is 1.27 bits per heavy atom.